The number of ether oxygens (including phenoxy) is 2. The second kappa shape index (κ2) is 8.10. The summed E-state index contributed by atoms with van der Waals surface area (Å²) in [7, 11) is 0. The molecule has 1 unspecified atom stereocenters. The van der Waals surface area contributed by atoms with Gasteiger partial charge in [0.2, 0.25) is 0 Å². The molecule has 0 saturated heterocycles. The lowest BCUT2D eigenvalue weighted by Crippen LogP contribution is -2.07. The number of aliphatic carboxylic acids is 1. The predicted molar refractivity (Wildman–Crippen MR) is 103 cm³/mol. The molecule has 1 N–H and O–H groups in total. The largest absolute Gasteiger partial charge is 0.490 e. The summed E-state index contributed by atoms with van der Waals surface area (Å²) in [6.07, 6.45) is 0.512. The molecule has 4 nitrogen and oxygen atoms in total. The van der Waals surface area contributed by atoms with Crippen molar-refractivity contribution in [2.75, 3.05) is 6.61 Å². The van der Waals surface area contributed by atoms with Crippen LogP contribution in [0.3, 0.4) is 0 Å². The molecule has 154 valence electrons. The maximum atomic E-state index is 14.4. The molecular weight excluding hydrogens is 397 g/mol. The molecule has 0 radical (unpaired) electrons. The Kier molecular flexibility index (Phi) is 5.35. The Labute approximate surface area is 170 Å². The van der Waals surface area contributed by atoms with Gasteiger partial charge in [-0.15, -0.1) is 0 Å². The fraction of sp³-hybridized carbons (Fsp3) is 0.174. The summed E-state index contributed by atoms with van der Waals surface area (Å²) in [4.78, 5) is 10.8. The van der Waals surface area contributed by atoms with Gasteiger partial charge in [0, 0.05) is 17.5 Å². The van der Waals surface area contributed by atoms with Gasteiger partial charge in [-0.3, -0.25) is 4.79 Å². The minimum absolute atomic E-state index is 0.0256. The maximum Gasteiger partial charge on any atom is 0.306 e. The maximum absolute atomic E-state index is 14.4. The SMILES string of the molecule is O=C(O)[C@@H]1CC1COc1ccc(-c2cc(Oc3cccc(F)c3)ccc2F)cc1F. The van der Waals surface area contributed by atoms with E-state index in [0.717, 1.165) is 6.07 Å². The molecule has 0 bridgehead atoms. The molecule has 0 aromatic heterocycles. The Morgan fingerprint density at radius 2 is 1.77 bits per heavy atom. The molecule has 7 heteroatoms. The van der Waals surface area contributed by atoms with E-state index < -0.39 is 29.3 Å². The Bertz CT molecular complexity index is 1100. The van der Waals surface area contributed by atoms with Gasteiger partial charge in [0.1, 0.15) is 23.1 Å². The number of rotatable bonds is 7. The molecule has 30 heavy (non-hydrogen) atoms. The lowest BCUT2D eigenvalue weighted by Gasteiger charge is -2.11. The number of hydrogen-bond acceptors (Lipinski definition) is 3. The number of hydrogen-bond donors (Lipinski definition) is 1. The highest BCUT2D eigenvalue weighted by atomic mass is 19.1. The van der Waals surface area contributed by atoms with Crippen LogP contribution in [-0.2, 0) is 4.79 Å². The number of benzene rings is 3. The standard InChI is InChI=1S/C23H17F3O4/c24-15-2-1-3-16(10-15)30-17-5-6-20(25)18(11-17)13-4-7-22(21(26)9-13)29-12-14-8-19(14)23(27)28/h1-7,9-11,14,19H,8,12H2,(H,27,28)/t14?,19-/m1/s1. The highest BCUT2D eigenvalue weighted by Gasteiger charge is 2.43. The fourth-order valence-corrected chi connectivity index (χ4v) is 3.17. The summed E-state index contributed by atoms with van der Waals surface area (Å²) >= 11 is 0. The summed E-state index contributed by atoms with van der Waals surface area (Å²) in [5.74, 6) is -2.68. The molecule has 3 aromatic rings. The molecule has 0 heterocycles. The number of carbonyl (C=O) groups is 1. The molecular formula is C23H17F3O4. The van der Waals surface area contributed by atoms with E-state index in [4.69, 9.17) is 14.6 Å². The summed E-state index contributed by atoms with van der Waals surface area (Å²) in [5.41, 5.74) is 0.388. The molecule has 1 fully saturated rings. The smallest absolute Gasteiger partial charge is 0.306 e. The Hall–Kier alpha value is -3.48. The topological polar surface area (TPSA) is 55.8 Å². The fourth-order valence-electron chi connectivity index (χ4n) is 3.17. The van der Waals surface area contributed by atoms with Gasteiger partial charge in [-0.25, -0.2) is 13.2 Å². The first-order chi connectivity index (χ1) is 14.4. The Morgan fingerprint density at radius 3 is 2.47 bits per heavy atom. The van der Waals surface area contributed by atoms with Crippen LogP contribution in [-0.4, -0.2) is 17.7 Å². The summed E-state index contributed by atoms with van der Waals surface area (Å²) < 4.78 is 53.1. The minimum Gasteiger partial charge on any atom is -0.490 e. The van der Waals surface area contributed by atoms with E-state index in [9.17, 15) is 18.0 Å². The number of halogens is 3. The van der Waals surface area contributed by atoms with Gasteiger partial charge in [-0.1, -0.05) is 12.1 Å². The normalized spacial score (nSPS) is 17.4. The van der Waals surface area contributed by atoms with Crippen LogP contribution in [0.1, 0.15) is 6.42 Å². The molecule has 1 aliphatic carbocycles. The lowest BCUT2D eigenvalue weighted by atomic mass is 10.0. The number of carboxylic acids is 1. The van der Waals surface area contributed by atoms with Crippen LogP contribution in [0.25, 0.3) is 11.1 Å². The second-order valence-electron chi connectivity index (χ2n) is 7.10. The van der Waals surface area contributed by atoms with Crippen LogP contribution in [0.5, 0.6) is 17.2 Å². The van der Waals surface area contributed by atoms with Gasteiger partial charge in [-0.05, 0) is 54.4 Å². The first-order valence-electron chi connectivity index (χ1n) is 9.29. The van der Waals surface area contributed by atoms with Gasteiger partial charge < -0.3 is 14.6 Å². The van der Waals surface area contributed by atoms with Crippen LogP contribution < -0.4 is 9.47 Å². The quantitative estimate of drug-likeness (QED) is 0.542. The molecule has 0 amide bonds. The van der Waals surface area contributed by atoms with E-state index in [2.05, 4.69) is 0 Å². The van der Waals surface area contributed by atoms with E-state index in [-0.39, 0.29) is 40.9 Å². The van der Waals surface area contributed by atoms with Crippen molar-refractivity contribution in [3.8, 4) is 28.4 Å². The van der Waals surface area contributed by atoms with Gasteiger partial charge in [0.15, 0.2) is 11.6 Å². The highest BCUT2D eigenvalue weighted by molar-refractivity contribution is 5.73. The molecule has 3 aromatic carbocycles. The zero-order valence-electron chi connectivity index (χ0n) is 15.6. The third-order valence-corrected chi connectivity index (χ3v) is 4.91. The van der Waals surface area contributed by atoms with Crippen LogP contribution in [0.4, 0.5) is 13.2 Å². The van der Waals surface area contributed by atoms with Gasteiger partial charge in [0.05, 0.1) is 12.5 Å². The third-order valence-electron chi connectivity index (χ3n) is 4.91. The van der Waals surface area contributed by atoms with Gasteiger partial charge in [-0.2, -0.15) is 0 Å². The monoisotopic (exact) mass is 414 g/mol. The Balaban J connectivity index is 1.50. The molecule has 1 aliphatic rings. The average Bonchev–Trinajstić information content (AvgIpc) is 3.49. The first kappa shape index (κ1) is 19.8. The van der Waals surface area contributed by atoms with Crippen molar-refractivity contribution in [1.29, 1.82) is 0 Å². The van der Waals surface area contributed by atoms with E-state index >= 15 is 0 Å². The molecule has 4 rings (SSSR count). The molecule has 1 saturated carbocycles. The van der Waals surface area contributed by atoms with Gasteiger partial charge in [0.25, 0.3) is 0 Å². The van der Waals surface area contributed by atoms with Crippen LogP contribution >= 0.6 is 0 Å². The zero-order chi connectivity index (χ0) is 21.3. The predicted octanol–water partition coefficient (Wildman–Crippen LogP) is 5.66. The van der Waals surface area contributed by atoms with E-state index in [1.54, 1.807) is 6.07 Å². The van der Waals surface area contributed by atoms with Crippen LogP contribution in [0.2, 0.25) is 0 Å². The van der Waals surface area contributed by atoms with E-state index in [0.29, 0.717) is 6.42 Å². The molecule has 0 spiro atoms. The van der Waals surface area contributed by atoms with Crippen LogP contribution in [0.15, 0.2) is 60.7 Å². The first-order valence-corrected chi connectivity index (χ1v) is 9.29. The van der Waals surface area contributed by atoms with E-state index in [1.807, 2.05) is 0 Å². The Morgan fingerprint density at radius 1 is 0.967 bits per heavy atom. The lowest BCUT2D eigenvalue weighted by molar-refractivity contribution is -0.138. The third kappa shape index (κ3) is 4.40. The highest BCUT2D eigenvalue weighted by Crippen LogP contribution is 2.39. The summed E-state index contributed by atoms with van der Waals surface area (Å²) in [5, 5.41) is 8.90. The zero-order valence-corrected chi connectivity index (χ0v) is 15.6. The van der Waals surface area contributed by atoms with Crippen molar-refractivity contribution in [2.45, 2.75) is 6.42 Å². The van der Waals surface area contributed by atoms with Crippen LogP contribution in [0, 0.1) is 29.3 Å². The van der Waals surface area contributed by atoms with E-state index in [1.165, 1.54) is 48.5 Å². The molecule has 2 atom stereocenters. The van der Waals surface area contributed by atoms with Gasteiger partial charge >= 0.3 is 5.97 Å². The summed E-state index contributed by atoms with van der Waals surface area (Å²) in [6.45, 7) is 0.110. The van der Waals surface area contributed by atoms with Crippen molar-refractivity contribution < 1.29 is 32.5 Å². The van der Waals surface area contributed by atoms with Crippen molar-refractivity contribution in [3.63, 3.8) is 0 Å². The van der Waals surface area contributed by atoms with Crippen molar-refractivity contribution in [2.24, 2.45) is 11.8 Å². The molecule has 0 aliphatic heterocycles. The minimum atomic E-state index is -0.879. The second-order valence-corrected chi connectivity index (χ2v) is 7.10. The number of carboxylic acid groups (broad SMARTS) is 1. The summed E-state index contributed by atoms with van der Waals surface area (Å²) in [6, 6.07) is 13.5. The van der Waals surface area contributed by atoms with Crippen molar-refractivity contribution >= 4 is 5.97 Å². The van der Waals surface area contributed by atoms with Crippen molar-refractivity contribution in [1.82, 2.24) is 0 Å². The average molecular weight is 414 g/mol. The van der Waals surface area contributed by atoms with Crippen molar-refractivity contribution in [3.05, 3.63) is 78.1 Å².